The molecule has 1 aromatic heterocycles. The molecular formula is C15H20FN3O. The summed E-state index contributed by atoms with van der Waals surface area (Å²) in [6, 6.07) is 6.92. The molecule has 0 aliphatic carbocycles. The van der Waals surface area contributed by atoms with Crippen molar-refractivity contribution in [2.24, 2.45) is 0 Å². The number of benzene rings is 1. The zero-order valence-electron chi connectivity index (χ0n) is 12.1. The molecule has 5 heteroatoms. The maximum atomic E-state index is 13.9. The third-order valence-corrected chi connectivity index (χ3v) is 3.26. The minimum atomic E-state index is -0.351. The lowest BCUT2D eigenvalue weighted by molar-refractivity contribution is 0.385. The lowest BCUT2D eigenvalue weighted by Crippen LogP contribution is -2.25. The number of aromatic nitrogens is 2. The van der Waals surface area contributed by atoms with Gasteiger partial charge in [-0.3, -0.25) is 4.68 Å². The Bertz CT molecular complexity index is 568. The molecule has 0 saturated heterocycles. The van der Waals surface area contributed by atoms with Crippen LogP contribution in [0, 0.1) is 5.82 Å². The van der Waals surface area contributed by atoms with Crippen LogP contribution in [-0.2, 0) is 6.54 Å². The highest BCUT2D eigenvalue weighted by atomic mass is 19.1. The Morgan fingerprint density at radius 1 is 1.35 bits per heavy atom. The molecule has 0 aliphatic rings. The molecule has 1 heterocycles. The van der Waals surface area contributed by atoms with Gasteiger partial charge in [-0.05, 0) is 37.2 Å². The van der Waals surface area contributed by atoms with Gasteiger partial charge in [-0.1, -0.05) is 13.0 Å². The number of hydrogen-bond donors (Lipinski definition) is 1. The summed E-state index contributed by atoms with van der Waals surface area (Å²) in [4.78, 5) is 0. The summed E-state index contributed by atoms with van der Waals surface area (Å²) < 4.78 is 20.8. The fourth-order valence-corrected chi connectivity index (χ4v) is 2.31. The smallest absolute Gasteiger partial charge is 0.165 e. The monoisotopic (exact) mass is 277 g/mol. The van der Waals surface area contributed by atoms with Crippen molar-refractivity contribution in [3.05, 3.63) is 47.5 Å². The molecule has 0 spiro atoms. The Morgan fingerprint density at radius 2 is 2.15 bits per heavy atom. The quantitative estimate of drug-likeness (QED) is 0.882. The summed E-state index contributed by atoms with van der Waals surface area (Å²) in [6.45, 7) is 5.63. The molecule has 4 nitrogen and oxygen atoms in total. The third-order valence-electron chi connectivity index (χ3n) is 3.26. The Hall–Kier alpha value is -1.88. The van der Waals surface area contributed by atoms with Gasteiger partial charge in [0, 0.05) is 12.7 Å². The number of hydrogen-bond acceptors (Lipinski definition) is 3. The van der Waals surface area contributed by atoms with E-state index in [9.17, 15) is 4.39 Å². The van der Waals surface area contributed by atoms with E-state index in [0.29, 0.717) is 0 Å². The summed E-state index contributed by atoms with van der Waals surface area (Å²) in [6.07, 6.45) is 1.77. The Labute approximate surface area is 118 Å². The van der Waals surface area contributed by atoms with E-state index in [2.05, 4.69) is 10.4 Å². The van der Waals surface area contributed by atoms with Crippen molar-refractivity contribution in [2.75, 3.05) is 13.7 Å². The van der Waals surface area contributed by atoms with Crippen molar-refractivity contribution in [1.29, 1.82) is 0 Å². The summed E-state index contributed by atoms with van der Waals surface area (Å²) in [5.41, 5.74) is 1.89. The first kappa shape index (κ1) is 14.5. The van der Waals surface area contributed by atoms with Crippen molar-refractivity contribution in [3.63, 3.8) is 0 Å². The summed E-state index contributed by atoms with van der Waals surface area (Å²) in [7, 11) is 1.46. The van der Waals surface area contributed by atoms with Crippen LogP contribution in [0.25, 0.3) is 0 Å². The van der Waals surface area contributed by atoms with Crippen LogP contribution in [0.3, 0.4) is 0 Å². The summed E-state index contributed by atoms with van der Waals surface area (Å²) in [5, 5.41) is 7.65. The molecule has 108 valence electrons. The lowest BCUT2D eigenvalue weighted by atomic mass is 10.0. The molecule has 1 atom stereocenters. The van der Waals surface area contributed by atoms with Gasteiger partial charge in [0.1, 0.15) is 0 Å². The number of nitrogens with one attached hydrogen (secondary N) is 1. The highest BCUT2D eigenvalue weighted by molar-refractivity contribution is 5.34. The van der Waals surface area contributed by atoms with E-state index < -0.39 is 0 Å². The van der Waals surface area contributed by atoms with Crippen LogP contribution < -0.4 is 10.1 Å². The molecule has 0 bridgehead atoms. The highest BCUT2D eigenvalue weighted by Gasteiger charge is 2.18. The van der Waals surface area contributed by atoms with Gasteiger partial charge >= 0.3 is 0 Å². The Morgan fingerprint density at radius 3 is 2.75 bits per heavy atom. The van der Waals surface area contributed by atoms with Crippen LogP contribution in [0.1, 0.15) is 31.1 Å². The second-order valence-electron chi connectivity index (χ2n) is 4.46. The molecule has 1 unspecified atom stereocenters. The van der Waals surface area contributed by atoms with Gasteiger partial charge in [0.25, 0.3) is 0 Å². The number of rotatable bonds is 6. The topological polar surface area (TPSA) is 39.1 Å². The second kappa shape index (κ2) is 6.52. The number of ether oxygens (including phenoxy) is 1. The van der Waals surface area contributed by atoms with Gasteiger partial charge in [-0.15, -0.1) is 0 Å². The van der Waals surface area contributed by atoms with Crippen LogP contribution in [0.5, 0.6) is 5.75 Å². The number of halogens is 1. The average molecular weight is 277 g/mol. The lowest BCUT2D eigenvalue weighted by Gasteiger charge is -2.20. The summed E-state index contributed by atoms with van der Waals surface area (Å²) >= 11 is 0. The minimum absolute atomic E-state index is 0.0807. The molecule has 1 aromatic carbocycles. The molecular weight excluding hydrogens is 257 g/mol. The summed E-state index contributed by atoms with van der Waals surface area (Å²) in [5.74, 6) is -0.0940. The van der Waals surface area contributed by atoms with Crippen molar-refractivity contribution >= 4 is 0 Å². The first-order chi connectivity index (χ1) is 9.71. The zero-order valence-corrected chi connectivity index (χ0v) is 12.1. The van der Waals surface area contributed by atoms with Crippen LogP contribution in [-0.4, -0.2) is 23.4 Å². The van der Waals surface area contributed by atoms with Crippen molar-refractivity contribution in [2.45, 2.75) is 26.4 Å². The molecule has 1 N–H and O–H groups in total. The minimum Gasteiger partial charge on any atom is -0.494 e. The first-order valence-corrected chi connectivity index (χ1v) is 6.79. The molecule has 0 fully saturated rings. The fourth-order valence-electron chi connectivity index (χ4n) is 2.31. The second-order valence-corrected chi connectivity index (χ2v) is 4.46. The molecule has 0 saturated carbocycles. The van der Waals surface area contributed by atoms with E-state index in [4.69, 9.17) is 4.74 Å². The number of aryl methyl sites for hydroxylation is 1. The number of nitrogens with zero attached hydrogens (tertiary/aromatic N) is 2. The molecule has 20 heavy (non-hydrogen) atoms. The maximum Gasteiger partial charge on any atom is 0.165 e. The largest absolute Gasteiger partial charge is 0.494 e. The van der Waals surface area contributed by atoms with E-state index in [0.717, 1.165) is 24.3 Å². The van der Waals surface area contributed by atoms with Gasteiger partial charge < -0.3 is 10.1 Å². The van der Waals surface area contributed by atoms with Crippen molar-refractivity contribution in [3.8, 4) is 5.75 Å². The van der Waals surface area contributed by atoms with Crippen LogP contribution in [0.15, 0.2) is 30.5 Å². The molecule has 2 rings (SSSR count). The van der Waals surface area contributed by atoms with Crippen molar-refractivity contribution in [1.82, 2.24) is 15.1 Å². The third kappa shape index (κ3) is 2.82. The van der Waals surface area contributed by atoms with E-state index in [1.807, 2.05) is 30.7 Å². The Kier molecular flexibility index (Phi) is 4.74. The number of methoxy groups -OCH3 is 1. The van der Waals surface area contributed by atoms with E-state index in [1.165, 1.54) is 13.2 Å². The maximum absolute atomic E-state index is 13.9. The Balaban J connectivity index is 2.40. The fraction of sp³-hybridized carbons (Fsp3) is 0.400. The van der Waals surface area contributed by atoms with Gasteiger partial charge in [0.05, 0.1) is 18.8 Å². The molecule has 0 aliphatic heterocycles. The van der Waals surface area contributed by atoms with E-state index in [1.54, 1.807) is 12.3 Å². The van der Waals surface area contributed by atoms with Crippen LogP contribution >= 0.6 is 0 Å². The predicted octanol–water partition coefficient (Wildman–Crippen LogP) is 2.75. The molecule has 0 radical (unpaired) electrons. The molecule has 0 amide bonds. The van der Waals surface area contributed by atoms with Gasteiger partial charge in [0.2, 0.25) is 0 Å². The predicted molar refractivity (Wildman–Crippen MR) is 76.4 cm³/mol. The van der Waals surface area contributed by atoms with Gasteiger partial charge in [-0.2, -0.15) is 5.10 Å². The highest BCUT2D eigenvalue weighted by Crippen LogP contribution is 2.26. The standard InChI is InChI=1S/C15H20FN3O/c1-4-17-15(13-8-9-18-19(13)5-2)11-6-7-14(20-3)12(16)10-11/h6-10,15,17H,4-5H2,1-3H3. The van der Waals surface area contributed by atoms with Gasteiger partial charge in [0.15, 0.2) is 11.6 Å². The zero-order chi connectivity index (χ0) is 14.5. The molecule has 2 aromatic rings. The van der Waals surface area contributed by atoms with Crippen LogP contribution in [0.2, 0.25) is 0 Å². The normalized spacial score (nSPS) is 12.4. The van der Waals surface area contributed by atoms with Crippen molar-refractivity contribution < 1.29 is 9.13 Å². The average Bonchev–Trinajstić information content (AvgIpc) is 2.92. The van der Waals surface area contributed by atoms with Crippen LogP contribution in [0.4, 0.5) is 4.39 Å². The first-order valence-electron chi connectivity index (χ1n) is 6.79. The van der Waals surface area contributed by atoms with Gasteiger partial charge in [-0.25, -0.2) is 4.39 Å². The van der Waals surface area contributed by atoms with E-state index >= 15 is 0 Å². The SMILES string of the molecule is CCNC(c1ccc(OC)c(F)c1)c1ccnn1CC. The van der Waals surface area contributed by atoms with E-state index in [-0.39, 0.29) is 17.6 Å².